The van der Waals surface area contributed by atoms with Crippen LogP contribution in [-0.4, -0.2) is 287 Å². The van der Waals surface area contributed by atoms with Gasteiger partial charge in [0.2, 0.25) is 17.6 Å². The van der Waals surface area contributed by atoms with E-state index in [9.17, 15) is 66.1 Å². The average molecular weight is 2110 g/mol. The lowest BCUT2D eigenvalue weighted by Gasteiger charge is -2.49. The molecule has 14 aromatic rings. The SMILES string of the molecule is CC1(O)CC(C(=O)N2CCN(C(=O)c3cn4nc(-c5ccc(Cl)c(F)c5)cc(C(C)(C)C)c4n3)C(C)(C)C2)C1.Cc1cc(-c2cc(C(C)C)c3nc(C(=O)N4CCN(CO)C(=O)C4(C)C)cn3n2)ccc1F.Cc1nc(C(=O)N2CCN(C(=O)c3cn4nc(-c5ccc(F)c(Cl)c5)cc(C(C)(C)C)c4n3)C(C)(C)C2)n[nH]1.Cc1ncc(C(=O)N2CCN(C(=O)c3cn4nc(-c5ccc(F)c(Cl)c5)cc(C(C)(C)C)c4n3)C(C)(C)C2)[nH]1. The molecule has 1 saturated carbocycles. The summed E-state index contributed by atoms with van der Waals surface area (Å²) >= 11 is 17.9. The van der Waals surface area contributed by atoms with Gasteiger partial charge >= 0.3 is 0 Å². The highest BCUT2D eigenvalue weighted by Gasteiger charge is 2.50. The number of imidazole rings is 5. The third kappa shape index (κ3) is 22.2. The molecule has 4 aliphatic heterocycles. The molecule has 790 valence electrons. The largest absolute Gasteiger partial charge is 0.390 e. The number of benzene rings is 4. The number of carbonyl (C=O) groups excluding carboxylic acids is 8. The van der Waals surface area contributed by atoms with Crippen LogP contribution >= 0.6 is 34.8 Å². The molecule has 0 spiro atoms. The summed E-state index contributed by atoms with van der Waals surface area (Å²) in [6, 6.07) is 25.9. The van der Waals surface area contributed by atoms with Gasteiger partial charge in [0.1, 0.15) is 75.7 Å². The number of aryl methyl sites for hydroxylation is 3. The molecule has 8 amide bonds. The molecule has 5 fully saturated rings. The lowest BCUT2D eigenvalue weighted by Crippen LogP contribution is -2.64. The molecule has 4 aromatic carbocycles. The standard InChI is InChI=1S/C29H35ClFN5O3.C28H31ClFN7O2.C27H30ClFN8O2.C24H28FN5O3/c1-27(2,3)19-12-22(17-7-8-20(30)21(31)11-17)33-36-15-23(32-24(19)36)26(38)35-10-9-34(16-28(35,4)5)25(37)18-13-29(6,39)14-18;1-16-31-13-22(32-16)25(38)35-9-10-36(28(5,6)15-35)26(39)23-14-37-24(33-23)18(27(2,3)4)12-21(34-37)17-7-8-20(30)19(29)11-17;1-15-30-22(33-32-15)25(39)35-9-10-36(27(5,6)14-35)24(38)21-13-37-23(31-21)17(26(2,3)4)12-20(34-37)16-7-8-19(29)18(28)11-16;1-14(2)17-11-19(16-6-7-18(25)15(3)10-16)27-30-12-20(26-21(17)30)22(32)29-9-8-28(13-31)23(33)24(29,4)5/h7-8,11-12,15,18,39H,9-10,13-14,16H2,1-6H3;7-8,11-14H,9-10,15H2,1-6H3,(H,31,32);7-8,11-13H,9-10,14H2,1-6H3,(H,30,32,33);6-7,10-12,14,31H,8-9,13H2,1-5H3. The van der Waals surface area contributed by atoms with Crippen LogP contribution in [0.4, 0.5) is 17.6 Å². The van der Waals surface area contributed by atoms with Crippen LogP contribution in [0.5, 0.6) is 0 Å². The summed E-state index contributed by atoms with van der Waals surface area (Å²) in [5, 5.41) is 44.9. The molecule has 0 atom stereocenters. The summed E-state index contributed by atoms with van der Waals surface area (Å²) < 4.78 is 61.9. The van der Waals surface area contributed by atoms with Crippen molar-refractivity contribution in [3.63, 3.8) is 0 Å². The van der Waals surface area contributed by atoms with Gasteiger partial charge in [0.05, 0.1) is 91.0 Å². The quantitative estimate of drug-likeness (QED) is 0.0779. The predicted molar refractivity (Wildman–Crippen MR) is 559 cm³/mol. The normalized spacial score (nSPS) is 17.7. The topological polar surface area (TPSA) is 394 Å². The monoisotopic (exact) mass is 2110 g/mol. The van der Waals surface area contributed by atoms with Gasteiger partial charge in [0, 0.05) is 122 Å². The van der Waals surface area contributed by atoms with Crippen molar-refractivity contribution in [2.45, 2.75) is 222 Å². The van der Waals surface area contributed by atoms with Gasteiger partial charge in [-0.15, -0.1) is 5.10 Å². The van der Waals surface area contributed by atoms with Crippen molar-refractivity contribution < 1.29 is 66.1 Å². The minimum atomic E-state index is -1.11. The van der Waals surface area contributed by atoms with E-state index in [0.29, 0.717) is 157 Å². The molecule has 35 nitrogen and oxygen atoms in total. The molecule has 4 saturated heterocycles. The van der Waals surface area contributed by atoms with E-state index in [2.05, 4.69) is 92.1 Å². The van der Waals surface area contributed by atoms with Gasteiger partial charge in [-0.3, -0.25) is 43.5 Å². The summed E-state index contributed by atoms with van der Waals surface area (Å²) in [6.07, 6.45) is 8.91. The van der Waals surface area contributed by atoms with Crippen LogP contribution in [0.2, 0.25) is 15.1 Å². The Bertz CT molecular complexity index is 7460. The van der Waals surface area contributed by atoms with Crippen molar-refractivity contribution in [3.8, 4) is 45.0 Å². The molecule has 5 aliphatic rings. The summed E-state index contributed by atoms with van der Waals surface area (Å²) in [5.41, 5.74) is 7.99. The molecular formula is C108H124Cl3F4N25O10. The zero-order valence-electron chi connectivity index (χ0n) is 88.3. The summed E-state index contributed by atoms with van der Waals surface area (Å²) in [6.45, 7) is 47.9. The fourth-order valence-electron chi connectivity index (χ4n) is 19.8. The maximum atomic E-state index is 14.2. The molecule has 1 aliphatic carbocycles. The number of nitrogens with zero attached hydrogens (tertiary/aromatic N) is 23. The van der Waals surface area contributed by atoms with Gasteiger partial charge in [-0.25, -0.2) is 65.5 Å². The van der Waals surface area contributed by atoms with Gasteiger partial charge in [-0.2, -0.15) is 20.4 Å². The van der Waals surface area contributed by atoms with E-state index in [4.69, 9.17) is 49.8 Å². The fraction of sp³-hybridized carbons (Fsp3) is 0.435. The number of piperazine rings is 4. The number of aromatic nitrogens is 17. The van der Waals surface area contributed by atoms with Crippen LogP contribution in [0, 0.1) is 50.0 Å². The number of rotatable bonds is 13. The number of aromatic amines is 2. The highest BCUT2D eigenvalue weighted by atomic mass is 35.5. The van der Waals surface area contributed by atoms with Crippen molar-refractivity contribution >= 4 is 105 Å². The Labute approximate surface area is 880 Å². The third-order valence-electron chi connectivity index (χ3n) is 28.0. The maximum absolute atomic E-state index is 14.2. The minimum absolute atomic E-state index is 0.00580. The number of hydrogen-bond donors (Lipinski definition) is 4. The van der Waals surface area contributed by atoms with Crippen molar-refractivity contribution in [1.82, 2.24) is 123 Å². The molecule has 150 heavy (non-hydrogen) atoms. The highest BCUT2D eigenvalue weighted by molar-refractivity contribution is 6.31. The molecular weight excluding hydrogens is 1990 g/mol. The second kappa shape index (κ2) is 40.7. The number of amides is 8. The van der Waals surface area contributed by atoms with E-state index in [1.807, 2.05) is 105 Å². The van der Waals surface area contributed by atoms with E-state index < -0.39 is 45.2 Å². The lowest BCUT2D eigenvalue weighted by atomic mass is 9.71. The first-order valence-corrected chi connectivity index (χ1v) is 50.7. The number of aliphatic hydroxyl groups excluding tert-OH is 1. The summed E-state index contributed by atoms with van der Waals surface area (Å²) in [4.78, 5) is 150. The highest BCUT2D eigenvalue weighted by Crippen LogP contribution is 2.43. The Hall–Kier alpha value is -14.0. The molecule has 0 radical (unpaired) electrons. The zero-order valence-corrected chi connectivity index (χ0v) is 90.5. The Kier molecular flexibility index (Phi) is 29.5. The maximum Gasteiger partial charge on any atom is 0.293 e. The van der Waals surface area contributed by atoms with Gasteiger partial charge in [-0.1, -0.05) is 117 Å². The minimum Gasteiger partial charge on any atom is -0.390 e. The van der Waals surface area contributed by atoms with Crippen molar-refractivity contribution in [3.05, 3.63) is 240 Å². The van der Waals surface area contributed by atoms with Crippen molar-refractivity contribution in [1.29, 1.82) is 0 Å². The third-order valence-corrected chi connectivity index (χ3v) is 28.9. The van der Waals surface area contributed by atoms with Crippen molar-refractivity contribution in [2.24, 2.45) is 5.92 Å². The van der Waals surface area contributed by atoms with Crippen LogP contribution in [0.1, 0.15) is 260 Å². The fourth-order valence-corrected chi connectivity index (χ4v) is 20.2. The Morgan fingerprint density at radius 2 is 0.820 bits per heavy atom. The number of hydrogen-bond acceptors (Lipinski definition) is 21. The molecule has 0 bridgehead atoms. The first-order valence-electron chi connectivity index (χ1n) is 49.5. The van der Waals surface area contributed by atoms with Gasteiger partial charge in [0.25, 0.3) is 35.4 Å². The molecule has 4 N–H and O–H groups in total. The number of halogens is 7. The Morgan fingerprint density at radius 1 is 0.440 bits per heavy atom. The van der Waals surface area contributed by atoms with Crippen molar-refractivity contribution in [2.75, 3.05) is 78.7 Å². The molecule has 42 heteroatoms. The van der Waals surface area contributed by atoms with Crippen LogP contribution in [0.25, 0.3) is 67.6 Å². The number of H-pyrrole nitrogens is 2. The van der Waals surface area contributed by atoms with E-state index >= 15 is 0 Å². The van der Waals surface area contributed by atoms with E-state index in [1.165, 1.54) is 58.5 Å². The Morgan fingerprint density at radius 3 is 1.20 bits per heavy atom. The lowest BCUT2D eigenvalue weighted by molar-refractivity contribution is -0.153. The zero-order chi connectivity index (χ0) is 109. The second-order valence-corrected chi connectivity index (χ2v) is 46.3. The average Bonchev–Trinajstić information content (AvgIpc) is 1.54. The van der Waals surface area contributed by atoms with E-state index in [1.54, 1.807) is 139 Å². The Balaban J connectivity index is 0.000000143. The molecule has 19 rings (SSSR count). The van der Waals surface area contributed by atoms with Crippen LogP contribution < -0.4 is 0 Å². The molecule has 0 unspecified atom stereocenters. The predicted octanol–water partition coefficient (Wildman–Crippen LogP) is 16.9. The molecule has 14 heterocycles. The summed E-state index contributed by atoms with van der Waals surface area (Å²) in [7, 11) is 0. The van der Waals surface area contributed by atoms with E-state index in [-0.39, 0.29) is 145 Å². The van der Waals surface area contributed by atoms with Crippen LogP contribution in [0.3, 0.4) is 0 Å². The van der Waals surface area contributed by atoms with Gasteiger partial charge in [-0.05, 0) is 215 Å². The number of carbonyl (C=O) groups is 8. The second-order valence-electron chi connectivity index (χ2n) is 45.1. The first kappa shape index (κ1) is 109. The molecule has 10 aromatic heterocycles. The first-order chi connectivity index (χ1) is 70.1. The number of fused-ring (bicyclic) bond motifs is 4. The number of aliphatic hydroxyl groups is 2. The van der Waals surface area contributed by atoms with Crippen LogP contribution in [-0.2, 0) is 25.8 Å². The van der Waals surface area contributed by atoms with Gasteiger partial charge in [0.15, 0.2) is 22.6 Å². The van der Waals surface area contributed by atoms with Crippen LogP contribution in [0.15, 0.2) is 128 Å². The summed E-state index contributed by atoms with van der Waals surface area (Å²) in [5.74, 6) is -2.32. The van der Waals surface area contributed by atoms with E-state index in [0.717, 1.165) is 27.8 Å². The van der Waals surface area contributed by atoms with Gasteiger partial charge < -0.3 is 54.4 Å². The smallest absolute Gasteiger partial charge is 0.293 e. The number of nitrogens with one attached hydrogen (secondary N) is 2.